The Bertz CT molecular complexity index is 682. The van der Waals surface area contributed by atoms with Crippen LogP contribution in [0.25, 0.3) is 6.08 Å². The smallest absolute Gasteiger partial charge is 0.395 e. The van der Waals surface area contributed by atoms with Crippen LogP contribution in [0.4, 0.5) is 13.2 Å². The van der Waals surface area contributed by atoms with Crippen molar-refractivity contribution in [3.63, 3.8) is 0 Å². The molecule has 0 aromatic heterocycles. The van der Waals surface area contributed by atoms with Crippen LogP contribution in [0.5, 0.6) is 5.75 Å². The highest BCUT2D eigenvalue weighted by molar-refractivity contribution is 6.32. The summed E-state index contributed by atoms with van der Waals surface area (Å²) >= 11 is 6.31. The maximum absolute atomic E-state index is 13.7. The van der Waals surface area contributed by atoms with Gasteiger partial charge in [0.05, 0.1) is 16.5 Å². The lowest BCUT2D eigenvalue weighted by Crippen LogP contribution is -2.54. The summed E-state index contributed by atoms with van der Waals surface area (Å²) in [6, 6.07) is 2.82. The molecular formula is C19H24ClF3N2O. The highest BCUT2D eigenvalue weighted by atomic mass is 35.5. The van der Waals surface area contributed by atoms with Crippen LogP contribution in [0.15, 0.2) is 18.3 Å². The lowest BCUT2D eigenvalue weighted by atomic mass is 9.67. The van der Waals surface area contributed by atoms with Crippen LogP contribution in [0.3, 0.4) is 0 Å². The molecule has 0 amide bonds. The number of fused-ring (bicyclic) bond motifs is 1. The molecule has 1 aliphatic heterocycles. The molecule has 0 saturated heterocycles. The highest BCUT2D eigenvalue weighted by Crippen LogP contribution is 2.52. The van der Waals surface area contributed by atoms with Gasteiger partial charge in [-0.1, -0.05) is 18.5 Å². The predicted octanol–water partition coefficient (Wildman–Crippen LogP) is 5.02. The molecule has 0 spiro atoms. The van der Waals surface area contributed by atoms with Crippen LogP contribution in [0.2, 0.25) is 5.02 Å². The topological polar surface area (TPSA) is 47.3 Å². The van der Waals surface area contributed by atoms with Gasteiger partial charge in [-0.3, -0.25) is 0 Å². The summed E-state index contributed by atoms with van der Waals surface area (Å²) in [4.78, 5) is 0. The van der Waals surface area contributed by atoms with Crippen molar-refractivity contribution in [1.82, 2.24) is 5.32 Å². The summed E-state index contributed by atoms with van der Waals surface area (Å²) in [7, 11) is 0. The minimum atomic E-state index is -4.30. The Labute approximate surface area is 156 Å². The van der Waals surface area contributed by atoms with E-state index in [4.69, 9.17) is 22.1 Å². The first-order valence-corrected chi connectivity index (χ1v) is 9.36. The average molecular weight is 389 g/mol. The van der Waals surface area contributed by atoms with Crippen LogP contribution in [0, 0.1) is 5.41 Å². The van der Waals surface area contributed by atoms with E-state index in [1.54, 1.807) is 6.92 Å². The van der Waals surface area contributed by atoms with E-state index in [2.05, 4.69) is 5.32 Å². The van der Waals surface area contributed by atoms with Crippen molar-refractivity contribution in [1.29, 1.82) is 0 Å². The minimum Gasteiger partial charge on any atom is -0.489 e. The number of alkyl halides is 3. The number of nitrogens with one attached hydrogen (secondary N) is 1. The number of hydrogen-bond donors (Lipinski definition) is 2. The lowest BCUT2D eigenvalue weighted by molar-refractivity contribution is -0.246. The Morgan fingerprint density at radius 3 is 2.65 bits per heavy atom. The molecule has 2 aliphatic rings. The van der Waals surface area contributed by atoms with Crippen LogP contribution < -0.4 is 15.8 Å². The van der Waals surface area contributed by atoms with Crippen molar-refractivity contribution in [3.8, 4) is 5.75 Å². The van der Waals surface area contributed by atoms with E-state index in [-0.39, 0.29) is 18.9 Å². The Morgan fingerprint density at radius 2 is 2.04 bits per heavy atom. The van der Waals surface area contributed by atoms with Gasteiger partial charge in [0.15, 0.2) is 0 Å². The highest BCUT2D eigenvalue weighted by Gasteiger charge is 2.58. The number of ether oxygens (including phenoxy) is 1. The number of nitrogens with two attached hydrogens (primary N) is 1. The molecule has 1 fully saturated rings. The molecule has 1 aromatic carbocycles. The molecule has 1 atom stereocenters. The molecule has 1 unspecified atom stereocenters. The van der Waals surface area contributed by atoms with E-state index in [0.29, 0.717) is 36.6 Å². The van der Waals surface area contributed by atoms with E-state index in [1.165, 1.54) is 0 Å². The second kappa shape index (κ2) is 7.31. The van der Waals surface area contributed by atoms with Crippen molar-refractivity contribution >= 4 is 17.7 Å². The fraction of sp³-hybridized carbons (Fsp3) is 0.579. The van der Waals surface area contributed by atoms with Crippen molar-refractivity contribution in [2.45, 2.75) is 63.9 Å². The largest absolute Gasteiger partial charge is 0.489 e. The van der Waals surface area contributed by atoms with Gasteiger partial charge in [-0.15, -0.1) is 0 Å². The Hall–Kier alpha value is -1.40. The zero-order valence-corrected chi connectivity index (χ0v) is 15.5. The van der Waals surface area contributed by atoms with Gasteiger partial charge in [0.1, 0.15) is 5.75 Å². The average Bonchev–Trinajstić information content (AvgIpc) is 2.61. The van der Waals surface area contributed by atoms with Crippen molar-refractivity contribution in [2.75, 3.05) is 0 Å². The number of benzene rings is 1. The third-order valence-electron chi connectivity index (χ3n) is 5.70. The van der Waals surface area contributed by atoms with Gasteiger partial charge in [-0.2, -0.15) is 13.2 Å². The Kier molecular flexibility index (Phi) is 5.45. The predicted molar refractivity (Wildman–Crippen MR) is 97.0 cm³/mol. The summed E-state index contributed by atoms with van der Waals surface area (Å²) in [6.45, 7) is 2.40. The quantitative estimate of drug-likeness (QED) is 0.761. The molecule has 7 heteroatoms. The van der Waals surface area contributed by atoms with Gasteiger partial charge in [0.25, 0.3) is 0 Å². The van der Waals surface area contributed by atoms with E-state index >= 15 is 0 Å². The third-order valence-corrected chi connectivity index (χ3v) is 5.99. The summed E-state index contributed by atoms with van der Waals surface area (Å²) in [6.07, 6.45) is 0.121. The van der Waals surface area contributed by atoms with Gasteiger partial charge in [-0.05, 0) is 67.6 Å². The molecule has 1 aromatic rings. The number of halogens is 4. The van der Waals surface area contributed by atoms with E-state index in [9.17, 15) is 13.2 Å². The molecule has 0 bridgehead atoms. The van der Waals surface area contributed by atoms with E-state index in [0.717, 1.165) is 11.1 Å². The normalized spacial score (nSPS) is 26.8. The first-order chi connectivity index (χ1) is 12.3. The number of rotatable bonds is 4. The van der Waals surface area contributed by atoms with Crippen molar-refractivity contribution in [3.05, 3.63) is 34.5 Å². The maximum Gasteiger partial charge on any atom is 0.395 e. The zero-order chi connectivity index (χ0) is 18.9. The molecular weight excluding hydrogens is 365 g/mol. The first-order valence-electron chi connectivity index (χ1n) is 8.98. The number of hydrogen-bond acceptors (Lipinski definition) is 3. The SMILES string of the molecule is CCC(N)C1(C(F)(F)F)CCC(Oc2cc3c(cc2Cl)CNC=C3)CC1. The van der Waals surface area contributed by atoms with Gasteiger partial charge in [0.2, 0.25) is 0 Å². The summed E-state index contributed by atoms with van der Waals surface area (Å²) in [5.74, 6) is 0.529. The van der Waals surface area contributed by atoms with Crippen molar-refractivity contribution in [2.24, 2.45) is 11.1 Å². The lowest BCUT2D eigenvalue weighted by Gasteiger charge is -2.44. The molecule has 1 saturated carbocycles. The summed E-state index contributed by atoms with van der Waals surface area (Å²) in [5, 5.41) is 3.59. The molecule has 26 heavy (non-hydrogen) atoms. The van der Waals surface area contributed by atoms with Gasteiger partial charge in [-0.25, -0.2) is 0 Å². The van der Waals surface area contributed by atoms with Crippen LogP contribution in [-0.2, 0) is 6.54 Å². The fourth-order valence-corrected chi connectivity index (χ4v) is 4.22. The van der Waals surface area contributed by atoms with Gasteiger partial charge < -0.3 is 15.8 Å². The molecule has 0 radical (unpaired) electrons. The van der Waals surface area contributed by atoms with E-state index in [1.807, 2.05) is 24.4 Å². The zero-order valence-electron chi connectivity index (χ0n) is 14.7. The second-order valence-corrected chi connectivity index (χ2v) is 7.59. The fourth-order valence-electron chi connectivity index (χ4n) is 3.99. The van der Waals surface area contributed by atoms with Crippen LogP contribution in [0.1, 0.15) is 50.2 Å². The van der Waals surface area contributed by atoms with Crippen LogP contribution in [-0.4, -0.2) is 18.3 Å². The standard InChI is InChI=1S/C19H24ClF3N2O/c1-2-17(24)18(19(21,22)23)6-3-14(4-7-18)26-16-10-12-5-8-25-11-13(12)9-15(16)20/h5,8-10,14,17,25H,2-4,6-7,11,24H2,1H3. The summed E-state index contributed by atoms with van der Waals surface area (Å²) in [5.41, 5.74) is 6.14. The third kappa shape index (κ3) is 3.54. The first kappa shape index (κ1) is 19.4. The molecule has 1 aliphatic carbocycles. The molecule has 144 valence electrons. The minimum absolute atomic E-state index is 0.0114. The van der Waals surface area contributed by atoms with Crippen LogP contribution >= 0.6 is 11.6 Å². The Morgan fingerprint density at radius 1 is 1.35 bits per heavy atom. The molecule has 3 nitrogen and oxygen atoms in total. The summed E-state index contributed by atoms with van der Waals surface area (Å²) < 4.78 is 47.0. The van der Waals surface area contributed by atoms with E-state index < -0.39 is 17.6 Å². The van der Waals surface area contributed by atoms with Crippen molar-refractivity contribution < 1.29 is 17.9 Å². The molecule has 1 heterocycles. The monoisotopic (exact) mass is 388 g/mol. The maximum atomic E-state index is 13.7. The van der Waals surface area contributed by atoms with Gasteiger partial charge >= 0.3 is 6.18 Å². The molecule has 3 rings (SSSR count). The Balaban J connectivity index is 1.72. The second-order valence-electron chi connectivity index (χ2n) is 7.18. The molecule has 3 N–H and O–H groups in total. The van der Waals surface area contributed by atoms with Gasteiger partial charge in [0, 0.05) is 12.6 Å².